The summed E-state index contributed by atoms with van der Waals surface area (Å²) in [4.78, 5) is 20.8. The summed E-state index contributed by atoms with van der Waals surface area (Å²) in [5, 5.41) is 11.1. The van der Waals surface area contributed by atoms with Crippen molar-refractivity contribution in [2.75, 3.05) is 60.0 Å². The van der Waals surface area contributed by atoms with Crippen molar-refractivity contribution in [3.05, 3.63) is 42.1 Å². The summed E-state index contributed by atoms with van der Waals surface area (Å²) in [5.41, 5.74) is 3.02. The van der Waals surface area contributed by atoms with Crippen LogP contribution in [0.15, 0.2) is 41.5 Å². The van der Waals surface area contributed by atoms with Crippen molar-refractivity contribution < 1.29 is 9.53 Å². The standard InChI is InChI=1S/C23H35N7O2/c1-28(2)21(31)17-26-23(24-10-7-11-30-12-14-32-15-13-30)25-16-20-18-29(3)27-22(20)19-8-5-4-6-9-19/h4-6,8-9,18H,7,10-17H2,1-3H3,(H2,24,25,26). The Bertz CT molecular complexity index is 874. The minimum atomic E-state index is -0.000769. The molecule has 0 atom stereocenters. The van der Waals surface area contributed by atoms with E-state index >= 15 is 0 Å². The lowest BCUT2D eigenvalue weighted by Crippen LogP contribution is -2.44. The molecule has 0 aliphatic carbocycles. The molecule has 9 heteroatoms. The molecule has 0 unspecified atom stereocenters. The normalized spacial score (nSPS) is 14.9. The molecule has 9 nitrogen and oxygen atoms in total. The first kappa shape index (κ1) is 23.7. The van der Waals surface area contributed by atoms with Crippen molar-refractivity contribution in [3.8, 4) is 11.3 Å². The minimum absolute atomic E-state index is 0.000769. The fraction of sp³-hybridized carbons (Fsp3) is 0.522. The Morgan fingerprint density at radius 2 is 1.94 bits per heavy atom. The molecule has 0 bridgehead atoms. The number of rotatable bonds is 9. The predicted molar refractivity (Wildman–Crippen MR) is 126 cm³/mol. The molecule has 3 rings (SSSR count). The molecular formula is C23H35N7O2. The van der Waals surface area contributed by atoms with Gasteiger partial charge in [0.15, 0.2) is 5.96 Å². The van der Waals surface area contributed by atoms with E-state index < -0.39 is 0 Å². The summed E-state index contributed by atoms with van der Waals surface area (Å²) in [6, 6.07) is 10.1. The minimum Gasteiger partial charge on any atom is -0.379 e. The van der Waals surface area contributed by atoms with Gasteiger partial charge in [0.1, 0.15) is 0 Å². The third kappa shape index (κ3) is 7.35. The van der Waals surface area contributed by atoms with Gasteiger partial charge in [0.25, 0.3) is 0 Å². The first-order chi connectivity index (χ1) is 15.5. The molecular weight excluding hydrogens is 406 g/mol. The molecule has 2 N–H and O–H groups in total. The Morgan fingerprint density at radius 1 is 1.19 bits per heavy atom. The van der Waals surface area contributed by atoms with Gasteiger partial charge >= 0.3 is 0 Å². The van der Waals surface area contributed by atoms with Crippen LogP contribution in [0.4, 0.5) is 0 Å². The number of ether oxygens (including phenoxy) is 1. The van der Waals surface area contributed by atoms with Crippen molar-refractivity contribution >= 4 is 11.9 Å². The van der Waals surface area contributed by atoms with Gasteiger partial charge in [-0.1, -0.05) is 30.3 Å². The van der Waals surface area contributed by atoms with Crippen LogP contribution in [0.1, 0.15) is 12.0 Å². The number of nitrogens with one attached hydrogen (secondary N) is 2. The number of morpholine rings is 1. The van der Waals surface area contributed by atoms with Crippen LogP contribution >= 0.6 is 0 Å². The number of hydrogen-bond donors (Lipinski definition) is 2. The molecule has 2 heterocycles. The molecule has 174 valence electrons. The fourth-order valence-corrected chi connectivity index (χ4v) is 3.48. The summed E-state index contributed by atoms with van der Waals surface area (Å²) in [5.74, 6) is 0.629. The van der Waals surface area contributed by atoms with Crippen LogP contribution in [0, 0.1) is 0 Å². The van der Waals surface area contributed by atoms with E-state index in [2.05, 4.69) is 20.6 Å². The van der Waals surface area contributed by atoms with Gasteiger partial charge in [0.2, 0.25) is 5.91 Å². The van der Waals surface area contributed by atoms with Crippen LogP contribution in [-0.2, 0) is 23.1 Å². The largest absolute Gasteiger partial charge is 0.379 e. The third-order valence-corrected chi connectivity index (χ3v) is 5.31. The zero-order chi connectivity index (χ0) is 22.8. The summed E-state index contributed by atoms with van der Waals surface area (Å²) in [6.45, 7) is 6.04. The first-order valence-electron chi connectivity index (χ1n) is 11.1. The zero-order valence-corrected chi connectivity index (χ0v) is 19.4. The van der Waals surface area contributed by atoms with Gasteiger partial charge in [-0.25, -0.2) is 4.99 Å². The molecule has 32 heavy (non-hydrogen) atoms. The lowest BCUT2D eigenvalue weighted by atomic mass is 10.1. The van der Waals surface area contributed by atoms with Crippen LogP contribution < -0.4 is 10.6 Å². The van der Waals surface area contributed by atoms with Crippen molar-refractivity contribution in [2.45, 2.75) is 13.0 Å². The van der Waals surface area contributed by atoms with Crippen LogP contribution in [0.2, 0.25) is 0 Å². The SMILES string of the molecule is CN(C)C(=O)CNC(=NCc1cn(C)nc1-c1ccccc1)NCCCN1CCOCC1. The average Bonchev–Trinajstić information content (AvgIpc) is 3.19. The Hall–Kier alpha value is -2.91. The van der Waals surface area contributed by atoms with Crippen LogP contribution in [-0.4, -0.2) is 91.5 Å². The number of carbonyl (C=O) groups is 1. The highest BCUT2D eigenvalue weighted by molar-refractivity contribution is 5.86. The lowest BCUT2D eigenvalue weighted by Gasteiger charge is -2.26. The smallest absolute Gasteiger partial charge is 0.241 e. The number of aromatic nitrogens is 2. The number of amides is 1. The van der Waals surface area contributed by atoms with E-state index in [1.807, 2.05) is 48.3 Å². The maximum atomic E-state index is 12.0. The number of benzene rings is 1. The highest BCUT2D eigenvalue weighted by Crippen LogP contribution is 2.22. The Balaban J connectivity index is 1.62. The van der Waals surface area contributed by atoms with Crippen molar-refractivity contribution in [1.82, 2.24) is 30.2 Å². The quantitative estimate of drug-likeness (QED) is 0.342. The summed E-state index contributed by atoms with van der Waals surface area (Å²) < 4.78 is 7.22. The number of nitrogens with zero attached hydrogens (tertiary/aromatic N) is 5. The molecule has 1 aliphatic heterocycles. The maximum absolute atomic E-state index is 12.0. The summed E-state index contributed by atoms with van der Waals surface area (Å²) in [7, 11) is 5.41. The number of aliphatic imine (C=N–C) groups is 1. The van der Waals surface area contributed by atoms with E-state index in [-0.39, 0.29) is 12.5 Å². The van der Waals surface area contributed by atoms with Crippen molar-refractivity contribution in [3.63, 3.8) is 0 Å². The van der Waals surface area contributed by atoms with Crippen LogP contribution in [0.25, 0.3) is 11.3 Å². The molecule has 2 aromatic rings. The molecule has 1 aromatic heterocycles. The molecule has 1 aromatic carbocycles. The maximum Gasteiger partial charge on any atom is 0.241 e. The van der Waals surface area contributed by atoms with Gasteiger partial charge in [-0.2, -0.15) is 5.10 Å². The number of likely N-dealkylation sites (N-methyl/N-ethyl adjacent to an activating group) is 1. The number of carbonyl (C=O) groups excluding carboxylic acids is 1. The number of hydrogen-bond acceptors (Lipinski definition) is 5. The molecule has 1 saturated heterocycles. The highest BCUT2D eigenvalue weighted by Gasteiger charge is 2.12. The van der Waals surface area contributed by atoms with Crippen LogP contribution in [0.5, 0.6) is 0 Å². The van der Waals surface area contributed by atoms with E-state index in [9.17, 15) is 4.79 Å². The second kappa shape index (κ2) is 12.2. The fourth-order valence-electron chi connectivity index (χ4n) is 3.48. The molecule has 1 fully saturated rings. The Kier molecular flexibility index (Phi) is 9.06. The molecule has 1 amide bonds. The van der Waals surface area contributed by atoms with Gasteiger partial charge in [-0.3, -0.25) is 14.4 Å². The van der Waals surface area contributed by atoms with Gasteiger partial charge < -0.3 is 20.3 Å². The second-order valence-corrected chi connectivity index (χ2v) is 8.08. The van der Waals surface area contributed by atoms with Gasteiger partial charge in [-0.15, -0.1) is 0 Å². The lowest BCUT2D eigenvalue weighted by molar-refractivity contribution is -0.127. The highest BCUT2D eigenvalue weighted by atomic mass is 16.5. The zero-order valence-electron chi connectivity index (χ0n) is 19.4. The van der Waals surface area contributed by atoms with Crippen molar-refractivity contribution in [2.24, 2.45) is 12.0 Å². The van der Waals surface area contributed by atoms with Crippen molar-refractivity contribution in [1.29, 1.82) is 0 Å². The van der Waals surface area contributed by atoms with E-state index in [0.717, 1.165) is 62.6 Å². The number of aryl methyl sites for hydroxylation is 1. The molecule has 0 spiro atoms. The van der Waals surface area contributed by atoms with Gasteiger partial charge in [-0.05, 0) is 13.0 Å². The number of guanidine groups is 1. The van der Waals surface area contributed by atoms with E-state index in [1.54, 1.807) is 19.0 Å². The van der Waals surface area contributed by atoms with E-state index in [1.165, 1.54) is 0 Å². The monoisotopic (exact) mass is 441 g/mol. The first-order valence-corrected chi connectivity index (χ1v) is 11.1. The van der Waals surface area contributed by atoms with Crippen LogP contribution in [0.3, 0.4) is 0 Å². The molecule has 0 radical (unpaired) electrons. The van der Waals surface area contributed by atoms with E-state index in [4.69, 9.17) is 9.73 Å². The Labute approximate surface area is 190 Å². The summed E-state index contributed by atoms with van der Waals surface area (Å²) in [6.07, 6.45) is 2.98. The Morgan fingerprint density at radius 3 is 2.66 bits per heavy atom. The predicted octanol–water partition coefficient (Wildman–Crippen LogP) is 0.933. The van der Waals surface area contributed by atoms with Gasteiger partial charge in [0.05, 0.1) is 32.0 Å². The second-order valence-electron chi connectivity index (χ2n) is 8.08. The topological polar surface area (TPSA) is 87.0 Å². The van der Waals surface area contributed by atoms with Gasteiger partial charge in [0, 0.05) is 58.1 Å². The van der Waals surface area contributed by atoms with E-state index in [0.29, 0.717) is 12.5 Å². The summed E-state index contributed by atoms with van der Waals surface area (Å²) >= 11 is 0. The third-order valence-electron chi connectivity index (χ3n) is 5.31. The molecule has 1 aliphatic rings. The molecule has 0 saturated carbocycles. The average molecular weight is 442 g/mol.